The van der Waals surface area contributed by atoms with E-state index in [9.17, 15) is 0 Å². The van der Waals surface area contributed by atoms with Crippen molar-refractivity contribution >= 4 is 12.2 Å². The van der Waals surface area contributed by atoms with Gasteiger partial charge >= 0.3 is 0 Å². The molecule has 0 aliphatic heterocycles. The Hall–Kier alpha value is -2.08. The van der Waals surface area contributed by atoms with Crippen molar-refractivity contribution in [1.82, 2.24) is 0 Å². The summed E-state index contributed by atoms with van der Waals surface area (Å²) in [6.45, 7) is 3.94. The summed E-state index contributed by atoms with van der Waals surface area (Å²) in [6, 6.07) is 15.0. The first kappa shape index (κ1) is 11.0. The number of hydrogen-bond acceptors (Lipinski definition) is 0. The van der Waals surface area contributed by atoms with Crippen LogP contribution in [0.1, 0.15) is 23.1 Å². The second-order valence-corrected chi connectivity index (χ2v) is 4.61. The molecule has 0 heterocycles. The quantitative estimate of drug-likeness (QED) is 0.686. The number of aryl methyl sites for hydroxylation is 1. The summed E-state index contributed by atoms with van der Waals surface area (Å²) in [7, 11) is 0. The smallest absolute Gasteiger partial charge is 0.00364 e. The minimum atomic E-state index is 1.14. The summed E-state index contributed by atoms with van der Waals surface area (Å²) < 4.78 is 0. The normalized spacial score (nSPS) is 13.1. The van der Waals surface area contributed by atoms with Crippen molar-refractivity contribution in [3.8, 4) is 11.1 Å². The Morgan fingerprint density at radius 2 is 1.83 bits per heavy atom. The van der Waals surface area contributed by atoms with Crippen LogP contribution in [-0.4, -0.2) is 0 Å². The second-order valence-electron chi connectivity index (χ2n) is 4.61. The number of hydrogen-bond donors (Lipinski definition) is 0. The molecule has 0 amide bonds. The minimum Gasteiger partial charge on any atom is -0.0984 e. The van der Waals surface area contributed by atoms with Gasteiger partial charge in [-0.2, -0.15) is 0 Å². The van der Waals surface area contributed by atoms with E-state index in [1.165, 1.54) is 27.8 Å². The van der Waals surface area contributed by atoms with E-state index in [2.05, 4.69) is 61.2 Å². The van der Waals surface area contributed by atoms with Crippen molar-refractivity contribution < 1.29 is 0 Å². The third-order valence-corrected chi connectivity index (χ3v) is 3.52. The predicted molar refractivity (Wildman–Crippen MR) is 79.3 cm³/mol. The Balaban J connectivity index is 2.30. The molecule has 2 aromatic rings. The first-order valence-electron chi connectivity index (χ1n) is 6.40. The van der Waals surface area contributed by atoms with Crippen LogP contribution >= 0.6 is 0 Å². The number of allylic oxidation sites excluding steroid dienone is 1. The molecule has 0 spiro atoms. The zero-order valence-electron chi connectivity index (χ0n) is 10.4. The van der Waals surface area contributed by atoms with Crippen molar-refractivity contribution in [2.75, 3.05) is 0 Å². The van der Waals surface area contributed by atoms with Crippen LogP contribution in [0.5, 0.6) is 0 Å². The summed E-state index contributed by atoms with van der Waals surface area (Å²) in [4.78, 5) is 0. The number of fused-ring (bicyclic) bond motifs is 1. The largest absolute Gasteiger partial charge is 0.0984 e. The van der Waals surface area contributed by atoms with Gasteiger partial charge in [0.1, 0.15) is 0 Å². The molecular formula is C18H16. The Morgan fingerprint density at radius 1 is 1.00 bits per heavy atom. The monoisotopic (exact) mass is 232 g/mol. The van der Waals surface area contributed by atoms with E-state index < -0.39 is 0 Å². The number of benzene rings is 2. The zero-order valence-corrected chi connectivity index (χ0v) is 10.4. The summed E-state index contributed by atoms with van der Waals surface area (Å²) in [5.74, 6) is 0. The average Bonchev–Trinajstić information content (AvgIpc) is 2.47. The highest BCUT2D eigenvalue weighted by Crippen LogP contribution is 2.34. The van der Waals surface area contributed by atoms with Crippen LogP contribution in [0.25, 0.3) is 23.3 Å². The number of rotatable bonds is 2. The lowest BCUT2D eigenvalue weighted by atomic mass is 9.87. The fraction of sp³-hybridized carbons (Fsp3) is 0.111. The molecule has 3 rings (SSSR count). The topological polar surface area (TPSA) is 0 Å². The van der Waals surface area contributed by atoms with Crippen molar-refractivity contribution in [2.24, 2.45) is 0 Å². The fourth-order valence-corrected chi connectivity index (χ4v) is 2.63. The van der Waals surface area contributed by atoms with E-state index in [1.54, 1.807) is 0 Å². The molecular weight excluding hydrogens is 216 g/mol. The molecule has 0 radical (unpaired) electrons. The van der Waals surface area contributed by atoms with Crippen molar-refractivity contribution in [3.05, 3.63) is 71.8 Å². The van der Waals surface area contributed by atoms with Crippen molar-refractivity contribution in [2.45, 2.75) is 12.8 Å². The third-order valence-electron chi connectivity index (χ3n) is 3.52. The standard InChI is InChI=1S/C18H16/c1-2-14-12-13-15-8-6-7-11-17(15)18(14)16-9-4-3-5-10-16/h2-5,7,9-13H,1,6,8H2. The molecule has 0 saturated carbocycles. The lowest BCUT2D eigenvalue weighted by molar-refractivity contribution is 0.986. The summed E-state index contributed by atoms with van der Waals surface area (Å²) in [6.07, 6.45) is 8.76. The van der Waals surface area contributed by atoms with Gasteiger partial charge in [0.15, 0.2) is 0 Å². The van der Waals surface area contributed by atoms with E-state index in [0.29, 0.717) is 0 Å². The predicted octanol–water partition coefficient (Wildman–Crippen LogP) is 4.96. The fourth-order valence-electron chi connectivity index (χ4n) is 2.63. The van der Waals surface area contributed by atoms with E-state index in [1.807, 2.05) is 6.08 Å². The summed E-state index contributed by atoms with van der Waals surface area (Å²) >= 11 is 0. The molecule has 1 aliphatic rings. The first-order chi connectivity index (χ1) is 8.90. The maximum Gasteiger partial charge on any atom is -0.00364 e. The van der Waals surface area contributed by atoms with Crippen molar-refractivity contribution in [1.29, 1.82) is 0 Å². The molecule has 0 unspecified atom stereocenters. The van der Waals surface area contributed by atoms with Gasteiger partial charge in [0.05, 0.1) is 0 Å². The van der Waals surface area contributed by atoms with E-state index in [-0.39, 0.29) is 0 Å². The van der Waals surface area contributed by atoms with Crippen LogP contribution in [0.15, 0.2) is 55.1 Å². The Labute approximate surface area is 108 Å². The average molecular weight is 232 g/mol. The maximum atomic E-state index is 3.94. The summed E-state index contributed by atoms with van der Waals surface area (Å²) in [5.41, 5.74) is 6.62. The van der Waals surface area contributed by atoms with Gasteiger partial charge in [-0.05, 0) is 40.7 Å². The van der Waals surface area contributed by atoms with Gasteiger partial charge in [-0.25, -0.2) is 0 Å². The van der Waals surface area contributed by atoms with E-state index >= 15 is 0 Å². The third kappa shape index (κ3) is 1.80. The van der Waals surface area contributed by atoms with Gasteiger partial charge < -0.3 is 0 Å². The van der Waals surface area contributed by atoms with Crippen LogP contribution in [0.2, 0.25) is 0 Å². The van der Waals surface area contributed by atoms with E-state index in [0.717, 1.165) is 12.8 Å². The van der Waals surface area contributed by atoms with Gasteiger partial charge in [-0.15, -0.1) is 0 Å². The molecule has 18 heavy (non-hydrogen) atoms. The van der Waals surface area contributed by atoms with Crippen LogP contribution in [0.4, 0.5) is 0 Å². The lowest BCUT2D eigenvalue weighted by Crippen LogP contribution is -1.98. The SMILES string of the molecule is C=Cc1ccc2c(c1-c1ccccc1)C=CCC2. The molecule has 2 aromatic carbocycles. The zero-order chi connectivity index (χ0) is 12.4. The van der Waals surface area contributed by atoms with Gasteiger partial charge in [0.2, 0.25) is 0 Å². The Kier molecular flexibility index (Phi) is 2.85. The molecule has 0 heteroatoms. The molecule has 0 atom stereocenters. The highest BCUT2D eigenvalue weighted by Gasteiger charge is 2.13. The maximum absolute atomic E-state index is 3.94. The van der Waals surface area contributed by atoms with Gasteiger partial charge in [0, 0.05) is 0 Å². The minimum absolute atomic E-state index is 1.14. The highest BCUT2D eigenvalue weighted by atomic mass is 14.2. The molecule has 0 bridgehead atoms. The molecule has 0 nitrogen and oxygen atoms in total. The van der Waals surface area contributed by atoms with Crippen molar-refractivity contribution in [3.63, 3.8) is 0 Å². The highest BCUT2D eigenvalue weighted by molar-refractivity contribution is 5.84. The van der Waals surface area contributed by atoms with Crippen LogP contribution in [0.3, 0.4) is 0 Å². The van der Waals surface area contributed by atoms with Crippen LogP contribution in [-0.2, 0) is 6.42 Å². The van der Waals surface area contributed by atoms with Gasteiger partial charge in [-0.3, -0.25) is 0 Å². The molecule has 0 aromatic heterocycles. The molecule has 0 saturated heterocycles. The van der Waals surface area contributed by atoms with Gasteiger partial charge in [0.25, 0.3) is 0 Å². The lowest BCUT2D eigenvalue weighted by Gasteiger charge is -2.18. The molecule has 0 N–H and O–H groups in total. The molecule has 88 valence electrons. The summed E-state index contributed by atoms with van der Waals surface area (Å²) in [5, 5.41) is 0. The van der Waals surface area contributed by atoms with Gasteiger partial charge in [-0.1, -0.05) is 67.3 Å². The molecule has 1 aliphatic carbocycles. The second kappa shape index (κ2) is 4.66. The first-order valence-corrected chi connectivity index (χ1v) is 6.40. The van der Waals surface area contributed by atoms with E-state index in [4.69, 9.17) is 0 Å². The Bertz CT molecular complexity index is 603. The molecule has 0 fully saturated rings. The Morgan fingerprint density at radius 3 is 2.61 bits per heavy atom. The van der Waals surface area contributed by atoms with Crippen LogP contribution in [0, 0.1) is 0 Å². The van der Waals surface area contributed by atoms with Crippen LogP contribution < -0.4 is 0 Å².